The average molecular weight is 228 g/mol. The lowest BCUT2D eigenvalue weighted by Gasteiger charge is -2.32. The summed E-state index contributed by atoms with van der Waals surface area (Å²) in [6.45, 7) is 0.720. The van der Waals surface area contributed by atoms with Crippen molar-refractivity contribution in [3.05, 3.63) is 47.5 Å². The Morgan fingerprint density at radius 3 is 2.24 bits per heavy atom. The smallest absolute Gasteiger partial charge is 0.0387 e. The molecule has 3 N–H and O–H groups in total. The SMILES string of the molecule is NCC1(NC2CC=CC2)Cc2ccccc2C1. The Morgan fingerprint density at radius 1 is 1.12 bits per heavy atom. The molecule has 0 bridgehead atoms. The quantitative estimate of drug-likeness (QED) is 0.774. The molecule has 0 aliphatic heterocycles. The molecule has 90 valence electrons. The molecule has 0 heterocycles. The van der Waals surface area contributed by atoms with Gasteiger partial charge in [0.1, 0.15) is 0 Å². The molecule has 0 saturated heterocycles. The highest BCUT2D eigenvalue weighted by Gasteiger charge is 2.37. The van der Waals surface area contributed by atoms with Crippen molar-refractivity contribution in [1.82, 2.24) is 5.32 Å². The molecule has 0 saturated carbocycles. The summed E-state index contributed by atoms with van der Waals surface area (Å²) in [5.41, 5.74) is 9.08. The second-order valence-electron chi connectivity index (χ2n) is 5.39. The molecule has 0 aromatic heterocycles. The minimum absolute atomic E-state index is 0.0976. The molecule has 1 aromatic rings. The van der Waals surface area contributed by atoms with Gasteiger partial charge in [-0.2, -0.15) is 0 Å². The lowest BCUT2D eigenvalue weighted by atomic mass is 9.94. The second kappa shape index (κ2) is 4.28. The molecule has 0 radical (unpaired) electrons. The maximum Gasteiger partial charge on any atom is 0.0387 e. The Hall–Kier alpha value is -1.12. The fourth-order valence-electron chi connectivity index (χ4n) is 3.17. The molecule has 0 spiro atoms. The van der Waals surface area contributed by atoms with Crippen molar-refractivity contribution in [3.63, 3.8) is 0 Å². The minimum Gasteiger partial charge on any atom is -0.329 e. The molecule has 1 aromatic carbocycles. The van der Waals surface area contributed by atoms with Crippen LogP contribution >= 0.6 is 0 Å². The van der Waals surface area contributed by atoms with Crippen molar-refractivity contribution >= 4 is 0 Å². The molecule has 2 nitrogen and oxygen atoms in total. The number of hydrogen-bond donors (Lipinski definition) is 2. The summed E-state index contributed by atoms with van der Waals surface area (Å²) in [6.07, 6.45) is 9.00. The van der Waals surface area contributed by atoms with Crippen LogP contribution in [-0.2, 0) is 12.8 Å². The van der Waals surface area contributed by atoms with Gasteiger partial charge in [0.2, 0.25) is 0 Å². The van der Waals surface area contributed by atoms with Crippen LogP contribution in [0, 0.1) is 0 Å². The molecular weight excluding hydrogens is 208 g/mol. The first-order valence-corrected chi connectivity index (χ1v) is 6.51. The molecule has 0 amide bonds. The van der Waals surface area contributed by atoms with Gasteiger partial charge in [0.15, 0.2) is 0 Å². The van der Waals surface area contributed by atoms with Gasteiger partial charge in [-0.05, 0) is 36.8 Å². The minimum atomic E-state index is 0.0976. The number of nitrogens with one attached hydrogen (secondary N) is 1. The number of benzene rings is 1. The fourth-order valence-corrected chi connectivity index (χ4v) is 3.17. The first-order valence-electron chi connectivity index (χ1n) is 6.51. The summed E-state index contributed by atoms with van der Waals surface area (Å²) in [7, 11) is 0. The Bertz CT molecular complexity index is 403. The highest BCUT2D eigenvalue weighted by molar-refractivity contribution is 5.36. The van der Waals surface area contributed by atoms with Gasteiger partial charge in [-0.1, -0.05) is 36.4 Å². The molecule has 0 atom stereocenters. The van der Waals surface area contributed by atoms with E-state index in [-0.39, 0.29) is 5.54 Å². The maximum atomic E-state index is 6.04. The third-order valence-corrected chi connectivity index (χ3v) is 4.08. The fraction of sp³-hybridized carbons (Fsp3) is 0.467. The standard InChI is InChI=1S/C15H20N2/c16-11-15(17-14-7-3-4-8-14)9-12-5-1-2-6-13(12)10-15/h1-6,14,17H,7-11,16H2. The largest absolute Gasteiger partial charge is 0.329 e. The predicted molar refractivity (Wildman–Crippen MR) is 70.9 cm³/mol. The van der Waals surface area contributed by atoms with Gasteiger partial charge in [-0.15, -0.1) is 0 Å². The predicted octanol–water partition coefficient (Wildman–Crippen LogP) is 1.79. The zero-order chi connectivity index (χ0) is 11.7. The summed E-state index contributed by atoms with van der Waals surface area (Å²) < 4.78 is 0. The average Bonchev–Trinajstić information content (AvgIpc) is 2.96. The van der Waals surface area contributed by atoms with Crippen LogP contribution in [-0.4, -0.2) is 18.1 Å². The van der Waals surface area contributed by atoms with E-state index in [0.29, 0.717) is 6.04 Å². The van der Waals surface area contributed by atoms with Gasteiger partial charge in [0.25, 0.3) is 0 Å². The lowest BCUT2D eigenvalue weighted by molar-refractivity contribution is 0.306. The van der Waals surface area contributed by atoms with Gasteiger partial charge in [-0.3, -0.25) is 0 Å². The molecule has 2 heteroatoms. The summed E-state index contributed by atoms with van der Waals surface area (Å²) in [6, 6.07) is 9.32. The van der Waals surface area contributed by atoms with E-state index in [1.165, 1.54) is 11.1 Å². The monoisotopic (exact) mass is 228 g/mol. The normalized spacial score (nSPS) is 21.9. The lowest BCUT2D eigenvalue weighted by Crippen LogP contribution is -2.55. The van der Waals surface area contributed by atoms with Crippen molar-refractivity contribution in [2.75, 3.05) is 6.54 Å². The molecule has 0 fully saturated rings. The molecule has 2 aliphatic rings. The van der Waals surface area contributed by atoms with Gasteiger partial charge in [-0.25, -0.2) is 0 Å². The second-order valence-corrected chi connectivity index (χ2v) is 5.39. The topological polar surface area (TPSA) is 38.0 Å². The Kier molecular flexibility index (Phi) is 2.77. The zero-order valence-electron chi connectivity index (χ0n) is 10.2. The van der Waals surface area contributed by atoms with E-state index in [9.17, 15) is 0 Å². The Labute approximate surface area is 103 Å². The van der Waals surface area contributed by atoms with Gasteiger partial charge < -0.3 is 11.1 Å². The summed E-state index contributed by atoms with van der Waals surface area (Å²) in [5, 5.41) is 3.80. The summed E-state index contributed by atoms with van der Waals surface area (Å²) in [4.78, 5) is 0. The van der Waals surface area contributed by atoms with Gasteiger partial charge in [0, 0.05) is 18.1 Å². The van der Waals surface area contributed by atoms with Crippen molar-refractivity contribution in [1.29, 1.82) is 0 Å². The Balaban J connectivity index is 1.77. The van der Waals surface area contributed by atoms with Gasteiger partial charge >= 0.3 is 0 Å². The summed E-state index contributed by atoms with van der Waals surface area (Å²) >= 11 is 0. The van der Waals surface area contributed by atoms with Crippen LogP contribution in [0.15, 0.2) is 36.4 Å². The Morgan fingerprint density at radius 2 is 1.71 bits per heavy atom. The number of rotatable bonds is 3. The van der Waals surface area contributed by atoms with Crippen molar-refractivity contribution < 1.29 is 0 Å². The molecule has 17 heavy (non-hydrogen) atoms. The molecule has 0 unspecified atom stereocenters. The number of nitrogens with two attached hydrogens (primary N) is 1. The first-order chi connectivity index (χ1) is 8.31. The summed E-state index contributed by atoms with van der Waals surface area (Å²) in [5.74, 6) is 0. The van der Waals surface area contributed by atoms with Crippen LogP contribution < -0.4 is 11.1 Å². The third-order valence-electron chi connectivity index (χ3n) is 4.08. The molecular formula is C15H20N2. The van der Waals surface area contributed by atoms with E-state index in [4.69, 9.17) is 5.73 Å². The van der Waals surface area contributed by atoms with E-state index in [1.54, 1.807) is 0 Å². The van der Waals surface area contributed by atoms with Crippen LogP contribution in [0.1, 0.15) is 24.0 Å². The number of fused-ring (bicyclic) bond motifs is 1. The van der Waals surface area contributed by atoms with Crippen LogP contribution in [0.3, 0.4) is 0 Å². The first kappa shape index (κ1) is 11.0. The van der Waals surface area contributed by atoms with E-state index >= 15 is 0 Å². The van der Waals surface area contributed by atoms with Crippen LogP contribution in [0.25, 0.3) is 0 Å². The highest BCUT2D eigenvalue weighted by Crippen LogP contribution is 2.30. The molecule has 2 aliphatic carbocycles. The molecule has 3 rings (SSSR count). The van der Waals surface area contributed by atoms with E-state index in [0.717, 1.165) is 32.2 Å². The van der Waals surface area contributed by atoms with E-state index in [1.807, 2.05) is 0 Å². The van der Waals surface area contributed by atoms with Crippen LogP contribution in [0.2, 0.25) is 0 Å². The van der Waals surface area contributed by atoms with Crippen molar-refractivity contribution in [2.45, 2.75) is 37.3 Å². The highest BCUT2D eigenvalue weighted by atomic mass is 15.0. The van der Waals surface area contributed by atoms with Crippen LogP contribution in [0.4, 0.5) is 0 Å². The van der Waals surface area contributed by atoms with Crippen LogP contribution in [0.5, 0.6) is 0 Å². The zero-order valence-corrected chi connectivity index (χ0v) is 10.2. The maximum absolute atomic E-state index is 6.04. The van der Waals surface area contributed by atoms with E-state index in [2.05, 4.69) is 41.7 Å². The van der Waals surface area contributed by atoms with E-state index < -0.39 is 0 Å². The number of hydrogen-bond acceptors (Lipinski definition) is 2. The van der Waals surface area contributed by atoms with Crippen molar-refractivity contribution in [3.8, 4) is 0 Å². The van der Waals surface area contributed by atoms with Crippen molar-refractivity contribution in [2.24, 2.45) is 5.73 Å². The van der Waals surface area contributed by atoms with Gasteiger partial charge in [0.05, 0.1) is 0 Å². The third kappa shape index (κ3) is 2.03.